The monoisotopic (exact) mass is 315 g/mol. The summed E-state index contributed by atoms with van der Waals surface area (Å²) < 4.78 is 37.0. The van der Waals surface area contributed by atoms with E-state index >= 15 is 0 Å². The summed E-state index contributed by atoms with van der Waals surface area (Å²) in [5, 5.41) is 9.12. The summed E-state index contributed by atoms with van der Waals surface area (Å²) in [4.78, 5) is 11.1. The molecular weight excluding hydrogens is 298 g/mol. The number of fused-ring (bicyclic) bond motifs is 1. The molecule has 1 aromatic carbocycles. The molecule has 8 heteroatoms. The van der Waals surface area contributed by atoms with Crippen LogP contribution in [0.5, 0.6) is 11.5 Å². The Morgan fingerprint density at radius 2 is 2.00 bits per heavy atom. The van der Waals surface area contributed by atoms with Crippen LogP contribution in [0.1, 0.15) is 20.3 Å². The molecule has 0 amide bonds. The van der Waals surface area contributed by atoms with E-state index in [1.165, 1.54) is 18.2 Å². The van der Waals surface area contributed by atoms with Crippen LogP contribution in [0.4, 0.5) is 0 Å². The fraction of sp³-hybridized carbons (Fsp3) is 0.462. The van der Waals surface area contributed by atoms with Crippen molar-refractivity contribution >= 4 is 16.0 Å². The molecule has 1 aliphatic rings. The Morgan fingerprint density at radius 3 is 2.62 bits per heavy atom. The third-order valence-electron chi connectivity index (χ3n) is 2.96. The van der Waals surface area contributed by atoms with E-state index in [1.807, 2.05) is 13.8 Å². The largest absolute Gasteiger partial charge is 0.480 e. The third kappa shape index (κ3) is 3.64. The molecule has 0 fully saturated rings. The van der Waals surface area contributed by atoms with Crippen LogP contribution in [0, 0.1) is 5.92 Å². The number of ether oxygens (including phenoxy) is 2. The Bertz CT molecular complexity index is 640. The quantitative estimate of drug-likeness (QED) is 0.817. The second kappa shape index (κ2) is 5.90. The Labute approximate surface area is 122 Å². The second-order valence-electron chi connectivity index (χ2n) is 5.16. The van der Waals surface area contributed by atoms with E-state index in [0.717, 1.165) is 0 Å². The molecule has 2 N–H and O–H groups in total. The van der Waals surface area contributed by atoms with Gasteiger partial charge in [0.25, 0.3) is 0 Å². The van der Waals surface area contributed by atoms with Gasteiger partial charge < -0.3 is 14.6 Å². The number of carboxylic acids is 1. The summed E-state index contributed by atoms with van der Waals surface area (Å²) >= 11 is 0. The number of carboxylic acid groups (broad SMARTS) is 1. The van der Waals surface area contributed by atoms with Crippen molar-refractivity contribution in [2.24, 2.45) is 5.92 Å². The summed E-state index contributed by atoms with van der Waals surface area (Å²) in [6.07, 6.45) is 0.207. The fourth-order valence-electron chi connectivity index (χ4n) is 1.97. The van der Waals surface area contributed by atoms with E-state index in [2.05, 4.69) is 4.72 Å². The zero-order chi connectivity index (χ0) is 15.6. The molecule has 0 saturated heterocycles. The number of rotatable bonds is 6. The van der Waals surface area contributed by atoms with Crippen molar-refractivity contribution in [3.05, 3.63) is 18.2 Å². The highest BCUT2D eigenvalue weighted by atomic mass is 32.2. The highest BCUT2D eigenvalue weighted by Crippen LogP contribution is 2.33. The molecule has 1 aliphatic heterocycles. The van der Waals surface area contributed by atoms with Gasteiger partial charge in [0, 0.05) is 6.07 Å². The number of nitrogens with one attached hydrogen (secondary N) is 1. The van der Waals surface area contributed by atoms with Crippen molar-refractivity contribution < 1.29 is 27.8 Å². The molecule has 0 aromatic heterocycles. The van der Waals surface area contributed by atoms with Gasteiger partial charge in [-0.05, 0) is 24.5 Å². The van der Waals surface area contributed by atoms with Gasteiger partial charge in [0.2, 0.25) is 16.8 Å². The molecule has 0 radical (unpaired) electrons. The number of hydrogen-bond donors (Lipinski definition) is 2. The smallest absolute Gasteiger partial charge is 0.321 e. The zero-order valence-electron chi connectivity index (χ0n) is 11.7. The molecule has 1 atom stereocenters. The van der Waals surface area contributed by atoms with Gasteiger partial charge in [0.15, 0.2) is 11.5 Å². The minimum Gasteiger partial charge on any atom is -0.480 e. The van der Waals surface area contributed by atoms with Crippen LogP contribution < -0.4 is 14.2 Å². The van der Waals surface area contributed by atoms with Gasteiger partial charge in [0.05, 0.1) is 4.90 Å². The lowest BCUT2D eigenvalue weighted by Crippen LogP contribution is -2.41. The van der Waals surface area contributed by atoms with Gasteiger partial charge >= 0.3 is 5.97 Å². The molecule has 21 heavy (non-hydrogen) atoms. The van der Waals surface area contributed by atoms with Crippen LogP contribution in [-0.2, 0) is 14.8 Å². The first-order chi connectivity index (χ1) is 9.79. The average Bonchev–Trinajstić information content (AvgIpc) is 2.84. The number of hydrogen-bond acceptors (Lipinski definition) is 5. The Balaban J connectivity index is 2.23. The Morgan fingerprint density at radius 1 is 1.33 bits per heavy atom. The number of benzene rings is 1. The van der Waals surface area contributed by atoms with Gasteiger partial charge in [-0.3, -0.25) is 4.79 Å². The summed E-state index contributed by atoms with van der Waals surface area (Å²) in [7, 11) is -3.94. The lowest BCUT2D eigenvalue weighted by Gasteiger charge is -2.16. The molecule has 1 aromatic rings. The van der Waals surface area contributed by atoms with Crippen molar-refractivity contribution in [3.63, 3.8) is 0 Å². The first kappa shape index (κ1) is 15.6. The SMILES string of the molecule is CC(C)CC(NS(=O)(=O)c1ccc2c(c1)OCO2)C(=O)O. The summed E-state index contributed by atoms with van der Waals surface area (Å²) in [6, 6.07) is 2.98. The van der Waals surface area contributed by atoms with Crippen LogP contribution in [0.15, 0.2) is 23.1 Å². The molecule has 0 saturated carbocycles. The Kier molecular flexibility index (Phi) is 4.38. The van der Waals surface area contributed by atoms with E-state index in [4.69, 9.17) is 14.6 Å². The first-order valence-electron chi connectivity index (χ1n) is 6.44. The van der Waals surface area contributed by atoms with Gasteiger partial charge in [-0.2, -0.15) is 4.72 Å². The Hall–Kier alpha value is -1.80. The zero-order valence-corrected chi connectivity index (χ0v) is 12.5. The molecule has 0 bridgehead atoms. The fourth-order valence-corrected chi connectivity index (χ4v) is 3.19. The molecule has 7 nitrogen and oxygen atoms in total. The van der Waals surface area contributed by atoms with Crippen LogP contribution in [0.2, 0.25) is 0 Å². The van der Waals surface area contributed by atoms with Crippen LogP contribution in [-0.4, -0.2) is 32.3 Å². The number of carbonyl (C=O) groups is 1. The van der Waals surface area contributed by atoms with Crippen molar-refractivity contribution in [2.45, 2.75) is 31.2 Å². The van der Waals surface area contributed by atoms with Crippen molar-refractivity contribution in [1.29, 1.82) is 0 Å². The maximum Gasteiger partial charge on any atom is 0.321 e. The normalized spacial score (nSPS) is 15.2. The molecule has 1 heterocycles. The van der Waals surface area contributed by atoms with Crippen LogP contribution in [0.25, 0.3) is 0 Å². The first-order valence-corrected chi connectivity index (χ1v) is 7.92. The van der Waals surface area contributed by atoms with Gasteiger partial charge in [-0.1, -0.05) is 13.8 Å². The average molecular weight is 315 g/mol. The van der Waals surface area contributed by atoms with Crippen LogP contribution in [0.3, 0.4) is 0 Å². The second-order valence-corrected chi connectivity index (χ2v) is 6.87. The van der Waals surface area contributed by atoms with Crippen molar-refractivity contribution in [2.75, 3.05) is 6.79 Å². The van der Waals surface area contributed by atoms with Gasteiger partial charge in [-0.25, -0.2) is 8.42 Å². The summed E-state index contributed by atoms with van der Waals surface area (Å²) in [5.41, 5.74) is 0. The molecule has 2 rings (SSSR count). The van der Waals surface area contributed by atoms with E-state index in [0.29, 0.717) is 11.5 Å². The van der Waals surface area contributed by atoms with E-state index in [1.54, 1.807) is 0 Å². The van der Waals surface area contributed by atoms with Crippen molar-refractivity contribution in [1.82, 2.24) is 4.72 Å². The molecular formula is C13H17NO6S. The molecule has 116 valence electrons. The lowest BCUT2D eigenvalue weighted by atomic mass is 10.1. The third-order valence-corrected chi connectivity index (χ3v) is 4.43. The molecule has 0 spiro atoms. The maximum absolute atomic E-state index is 12.3. The van der Waals surface area contributed by atoms with Gasteiger partial charge in [-0.15, -0.1) is 0 Å². The predicted octanol–water partition coefficient (Wildman–Crippen LogP) is 1.19. The van der Waals surface area contributed by atoms with Gasteiger partial charge in [0.1, 0.15) is 6.04 Å². The predicted molar refractivity (Wildman–Crippen MR) is 73.8 cm³/mol. The van der Waals surface area contributed by atoms with E-state index < -0.39 is 22.0 Å². The maximum atomic E-state index is 12.3. The van der Waals surface area contributed by atoms with E-state index in [9.17, 15) is 13.2 Å². The number of sulfonamides is 1. The molecule has 1 unspecified atom stereocenters. The topological polar surface area (TPSA) is 102 Å². The molecule has 0 aliphatic carbocycles. The van der Waals surface area contributed by atoms with E-state index in [-0.39, 0.29) is 24.0 Å². The number of aliphatic carboxylic acids is 1. The van der Waals surface area contributed by atoms with Crippen molar-refractivity contribution in [3.8, 4) is 11.5 Å². The standard InChI is InChI=1S/C13H17NO6S/c1-8(2)5-10(13(15)16)14-21(17,18)9-3-4-11-12(6-9)20-7-19-11/h3-4,6,8,10,14H,5,7H2,1-2H3,(H,15,16). The lowest BCUT2D eigenvalue weighted by molar-refractivity contribution is -0.139. The van der Waals surface area contributed by atoms with Crippen LogP contribution >= 0.6 is 0 Å². The highest BCUT2D eigenvalue weighted by Gasteiger charge is 2.27. The minimum absolute atomic E-state index is 0.0391. The highest BCUT2D eigenvalue weighted by molar-refractivity contribution is 7.89. The summed E-state index contributed by atoms with van der Waals surface area (Å²) in [5.74, 6) is -0.363. The summed E-state index contributed by atoms with van der Waals surface area (Å²) in [6.45, 7) is 3.69. The minimum atomic E-state index is -3.94.